The zero-order valence-corrected chi connectivity index (χ0v) is 18.6. The average Bonchev–Trinajstić information content (AvgIpc) is 2.83. The van der Waals surface area contributed by atoms with Crippen molar-refractivity contribution in [3.63, 3.8) is 0 Å². The van der Waals surface area contributed by atoms with E-state index >= 15 is 0 Å². The molecule has 0 unspecified atom stereocenters. The molecule has 6 nitrogen and oxygen atoms in total. The summed E-state index contributed by atoms with van der Waals surface area (Å²) in [5, 5.41) is 3.49. The molecule has 2 aliphatic heterocycles. The molecular formula is C24H31F2N5O. The molecule has 0 aromatic heterocycles. The van der Waals surface area contributed by atoms with E-state index in [0.717, 1.165) is 44.9 Å². The maximum Gasteiger partial charge on any atom is 0.194 e. The number of nitrogens with one attached hydrogen (secondary N) is 1. The number of anilines is 1. The summed E-state index contributed by atoms with van der Waals surface area (Å²) in [6.45, 7) is 7.68. The number of piperazine rings is 1. The molecule has 172 valence electrons. The van der Waals surface area contributed by atoms with Gasteiger partial charge in [0.25, 0.3) is 0 Å². The van der Waals surface area contributed by atoms with Crippen LogP contribution in [0.25, 0.3) is 0 Å². The monoisotopic (exact) mass is 443 g/mol. The van der Waals surface area contributed by atoms with Crippen LogP contribution < -0.4 is 10.2 Å². The lowest BCUT2D eigenvalue weighted by molar-refractivity contribution is 0.0341. The van der Waals surface area contributed by atoms with Gasteiger partial charge in [0.15, 0.2) is 5.96 Å². The highest BCUT2D eigenvalue weighted by Gasteiger charge is 2.22. The van der Waals surface area contributed by atoms with Crippen LogP contribution in [0.3, 0.4) is 0 Å². The van der Waals surface area contributed by atoms with Gasteiger partial charge in [0.05, 0.1) is 18.9 Å². The van der Waals surface area contributed by atoms with Crippen LogP contribution in [0.4, 0.5) is 14.5 Å². The molecule has 1 N–H and O–H groups in total. The van der Waals surface area contributed by atoms with Crippen LogP contribution in [0.1, 0.15) is 11.1 Å². The van der Waals surface area contributed by atoms with Gasteiger partial charge in [0, 0.05) is 65.5 Å². The fraction of sp³-hybridized carbons (Fsp3) is 0.458. The van der Waals surface area contributed by atoms with Gasteiger partial charge in [-0.05, 0) is 23.3 Å². The second-order valence-electron chi connectivity index (χ2n) is 8.13. The Morgan fingerprint density at radius 1 is 0.969 bits per heavy atom. The molecule has 0 bridgehead atoms. The number of rotatable bonds is 5. The zero-order chi connectivity index (χ0) is 22.3. The number of aliphatic imine (C=N–C) groups is 1. The van der Waals surface area contributed by atoms with E-state index in [9.17, 15) is 8.78 Å². The third-order valence-corrected chi connectivity index (χ3v) is 6.09. The molecule has 2 fully saturated rings. The maximum absolute atomic E-state index is 14.1. The van der Waals surface area contributed by atoms with Crippen LogP contribution in [-0.2, 0) is 17.8 Å². The summed E-state index contributed by atoms with van der Waals surface area (Å²) in [5.74, 6) is 0.0156. The minimum Gasteiger partial charge on any atom is -0.379 e. The highest BCUT2D eigenvalue weighted by Crippen LogP contribution is 2.22. The van der Waals surface area contributed by atoms with Crippen molar-refractivity contribution < 1.29 is 13.5 Å². The molecule has 2 aliphatic rings. The molecule has 2 aromatic carbocycles. The Balaban J connectivity index is 1.33. The van der Waals surface area contributed by atoms with Gasteiger partial charge in [0.1, 0.15) is 11.6 Å². The molecule has 2 saturated heterocycles. The van der Waals surface area contributed by atoms with Crippen molar-refractivity contribution in [1.29, 1.82) is 0 Å². The maximum atomic E-state index is 14.1. The highest BCUT2D eigenvalue weighted by atomic mass is 19.1. The number of halogens is 2. The van der Waals surface area contributed by atoms with Crippen LogP contribution in [0, 0.1) is 11.6 Å². The number of morpholine rings is 1. The molecule has 8 heteroatoms. The first-order valence-electron chi connectivity index (χ1n) is 11.2. The second-order valence-corrected chi connectivity index (χ2v) is 8.13. The van der Waals surface area contributed by atoms with Crippen molar-refractivity contribution in [1.82, 2.24) is 15.1 Å². The fourth-order valence-corrected chi connectivity index (χ4v) is 4.28. The van der Waals surface area contributed by atoms with E-state index in [1.165, 1.54) is 23.3 Å². The third-order valence-electron chi connectivity index (χ3n) is 6.09. The Kier molecular flexibility index (Phi) is 7.55. The standard InChI is InChI=1S/C24H31F2N5O/c1-27-24(31-10-8-30(9-11-31)23-16-21(25)6-7-22(23)26)28-17-19-4-2-3-5-20(19)18-29-12-14-32-15-13-29/h2-7,16H,8-15,17-18H2,1H3,(H,27,28). The molecule has 0 amide bonds. The van der Waals surface area contributed by atoms with Gasteiger partial charge < -0.3 is 19.9 Å². The van der Waals surface area contributed by atoms with E-state index in [1.807, 2.05) is 4.90 Å². The van der Waals surface area contributed by atoms with Gasteiger partial charge in [-0.1, -0.05) is 24.3 Å². The normalized spacial score (nSPS) is 18.2. The first-order valence-corrected chi connectivity index (χ1v) is 11.2. The van der Waals surface area contributed by atoms with E-state index in [2.05, 4.69) is 44.4 Å². The van der Waals surface area contributed by atoms with Crippen LogP contribution in [0.5, 0.6) is 0 Å². The van der Waals surface area contributed by atoms with Gasteiger partial charge >= 0.3 is 0 Å². The molecule has 32 heavy (non-hydrogen) atoms. The number of nitrogens with zero attached hydrogens (tertiary/aromatic N) is 4. The third kappa shape index (κ3) is 5.55. The Bertz CT molecular complexity index is 924. The Labute approximate surface area is 188 Å². The summed E-state index contributed by atoms with van der Waals surface area (Å²) in [7, 11) is 1.78. The van der Waals surface area contributed by atoms with Crippen LogP contribution >= 0.6 is 0 Å². The highest BCUT2D eigenvalue weighted by molar-refractivity contribution is 5.80. The summed E-state index contributed by atoms with van der Waals surface area (Å²) < 4.78 is 33.1. The SMILES string of the molecule is CN=C(NCc1ccccc1CN1CCOCC1)N1CCN(c2cc(F)ccc2F)CC1. The van der Waals surface area contributed by atoms with Gasteiger partial charge in [-0.15, -0.1) is 0 Å². The van der Waals surface area contributed by atoms with Crippen molar-refractivity contribution in [2.24, 2.45) is 4.99 Å². The first kappa shape index (κ1) is 22.5. The van der Waals surface area contributed by atoms with Crippen molar-refractivity contribution in [3.8, 4) is 0 Å². The van der Waals surface area contributed by atoms with Crippen molar-refractivity contribution >= 4 is 11.6 Å². The van der Waals surface area contributed by atoms with E-state index in [0.29, 0.717) is 38.4 Å². The smallest absolute Gasteiger partial charge is 0.194 e. The van der Waals surface area contributed by atoms with Crippen molar-refractivity contribution in [2.75, 3.05) is 64.4 Å². The van der Waals surface area contributed by atoms with E-state index in [4.69, 9.17) is 4.74 Å². The van der Waals surface area contributed by atoms with E-state index in [1.54, 1.807) is 7.05 Å². The molecule has 0 spiro atoms. The predicted octanol–water partition coefficient (Wildman–Crippen LogP) is 2.69. The molecule has 2 aromatic rings. The quantitative estimate of drug-likeness (QED) is 0.569. The van der Waals surface area contributed by atoms with E-state index < -0.39 is 5.82 Å². The van der Waals surface area contributed by atoms with Gasteiger partial charge in [-0.2, -0.15) is 0 Å². The molecule has 4 rings (SSSR count). The largest absolute Gasteiger partial charge is 0.379 e. The number of hydrogen-bond donors (Lipinski definition) is 1. The van der Waals surface area contributed by atoms with Crippen LogP contribution in [0.15, 0.2) is 47.5 Å². The molecule has 0 aliphatic carbocycles. The molecule has 0 radical (unpaired) electrons. The number of benzene rings is 2. The number of guanidine groups is 1. The summed E-state index contributed by atoms with van der Waals surface area (Å²) >= 11 is 0. The van der Waals surface area contributed by atoms with Crippen LogP contribution in [0.2, 0.25) is 0 Å². The number of hydrogen-bond acceptors (Lipinski definition) is 4. The van der Waals surface area contributed by atoms with Gasteiger partial charge in [0.2, 0.25) is 0 Å². The zero-order valence-electron chi connectivity index (χ0n) is 18.6. The minimum absolute atomic E-state index is 0.324. The van der Waals surface area contributed by atoms with E-state index in [-0.39, 0.29) is 5.82 Å². The summed E-state index contributed by atoms with van der Waals surface area (Å²) in [4.78, 5) is 10.9. The summed E-state index contributed by atoms with van der Waals surface area (Å²) in [5.41, 5.74) is 2.88. The Hall–Kier alpha value is -2.71. The lowest BCUT2D eigenvalue weighted by Crippen LogP contribution is -2.52. The lowest BCUT2D eigenvalue weighted by Gasteiger charge is -2.37. The Morgan fingerprint density at radius 3 is 2.41 bits per heavy atom. The first-order chi connectivity index (χ1) is 15.6. The minimum atomic E-state index is -0.419. The van der Waals surface area contributed by atoms with Gasteiger partial charge in [-0.25, -0.2) is 8.78 Å². The average molecular weight is 444 g/mol. The topological polar surface area (TPSA) is 43.3 Å². The molecular weight excluding hydrogens is 412 g/mol. The summed E-state index contributed by atoms with van der Waals surface area (Å²) in [6, 6.07) is 12.1. The predicted molar refractivity (Wildman–Crippen MR) is 123 cm³/mol. The van der Waals surface area contributed by atoms with Crippen LogP contribution in [-0.4, -0.2) is 75.3 Å². The Morgan fingerprint density at radius 2 is 1.69 bits per heavy atom. The molecule has 0 saturated carbocycles. The summed E-state index contributed by atoms with van der Waals surface area (Å²) in [6.07, 6.45) is 0. The molecule has 2 heterocycles. The fourth-order valence-electron chi connectivity index (χ4n) is 4.28. The molecule has 0 atom stereocenters. The number of ether oxygens (including phenoxy) is 1. The van der Waals surface area contributed by atoms with Gasteiger partial charge in [-0.3, -0.25) is 9.89 Å². The van der Waals surface area contributed by atoms with Crippen molar-refractivity contribution in [3.05, 3.63) is 65.2 Å². The second kappa shape index (κ2) is 10.7. The lowest BCUT2D eigenvalue weighted by atomic mass is 10.1. The van der Waals surface area contributed by atoms with Crippen molar-refractivity contribution in [2.45, 2.75) is 13.1 Å².